The van der Waals surface area contributed by atoms with Crippen molar-refractivity contribution in [3.63, 3.8) is 0 Å². The van der Waals surface area contributed by atoms with E-state index in [1.54, 1.807) is 18.2 Å². The Labute approximate surface area is 194 Å². The highest BCUT2D eigenvalue weighted by atomic mass is 19.4. The van der Waals surface area contributed by atoms with Crippen LogP contribution in [0.15, 0.2) is 41.5 Å². The van der Waals surface area contributed by atoms with Gasteiger partial charge in [0.05, 0.1) is 26.0 Å². The third-order valence-electron chi connectivity index (χ3n) is 5.30. The quantitative estimate of drug-likeness (QED) is 0.690. The van der Waals surface area contributed by atoms with Gasteiger partial charge in [0.1, 0.15) is 6.54 Å². The molecular formula is C23H25F3N4O4. The van der Waals surface area contributed by atoms with Crippen LogP contribution < -0.4 is 20.1 Å². The van der Waals surface area contributed by atoms with E-state index in [2.05, 4.69) is 10.4 Å². The van der Waals surface area contributed by atoms with Crippen LogP contribution in [0.5, 0.6) is 11.5 Å². The van der Waals surface area contributed by atoms with Gasteiger partial charge in [0.2, 0.25) is 0 Å². The molecule has 1 heterocycles. The normalized spacial score (nSPS) is 15.6. The lowest BCUT2D eigenvalue weighted by atomic mass is 9.93. The number of nitrogens with one attached hydrogen (secondary N) is 2. The molecule has 0 bridgehead atoms. The number of fused-ring (bicyclic) bond motifs is 1. The number of nitrogens with zero attached hydrogens (tertiary/aromatic N) is 2. The molecule has 1 unspecified atom stereocenters. The number of methoxy groups -OCH3 is 2. The van der Waals surface area contributed by atoms with E-state index in [0.29, 0.717) is 34.8 Å². The Morgan fingerprint density at radius 2 is 1.74 bits per heavy atom. The van der Waals surface area contributed by atoms with Gasteiger partial charge in [-0.1, -0.05) is 12.1 Å². The second kappa shape index (κ2) is 10.0. The van der Waals surface area contributed by atoms with Gasteiger partial charge in [0.15, 0.2) is 11.5 Å². The van der Waals surface area contributed by atoms with E-state index in [1.807, 2.05) is 18.3 Å². The molecule has 2 aromatic rings. The molecule has 0 saturated heterocycles. The number of benzene rings is 2. The van der Waals surface area contributed by atoms with Crippen LogP contribution in [0.25, 0.3) is 0 Å². The van der Waals surface area contributed by atoms with E-state index in [4.69, 9.17) is 9.47 Å². The SMILES string of the molecule is CNC(=O)N1N=C(c2ccc(C(=O)NCC(F)(F)F)cc2)c2cc(OC)c(OC)cc2CC1C. The predicted molar refractivity (Wildman–Crippen MR) is 119 cm³/mol. The predicted octanol–water partition coefficient (Wildman–Crippen LogP) is 3.33. The van der Waals surface area contributed by atoms with E-state index in [-0.39, 0.29) is 11.6 Å². The molecule has 0 aliphatic carbocycles. The Balaban J connectivity index is 2.06. The Morgan fingerprint density at radius 1 is 1.12 bits per heavy atom. The van der Waals surface area contributed by atoms with Crippen molar-refractivity contribution < 1.29 is 32.2 Å². The lowest BCUT2D eigenvalue weighted by Gasteiger charge is -2.22. The molecule has 0 aromatic heterocycles. The van der Waals surface area contributed by atoms with Crippen LogP contribution in [0, 0.1) is 0 Å². The monoisotopic (exact) mass is 478 g/mol. The van der Waals surface area contributed by atoms with Crippen molar-refractivity contribution in [3.05, 3.63) is 58.7 Å². The van der Waals surface area contributed by atoms with Gasteiger partial charge in [0.25, 0.3) is 5.91 Å². The standard InChI is InChI=1S/C23H25F3N4O4/c1-13-9-16-10-18(33-3)19(34-4)11-17(16)20(29-30(13)22(32)27-2)14-5-7-15(8-6-14)21(31)28-12-23(24,25)26/h5-8,10-11,13H,9,12H2,1-4H3,(H,27,32)(H,28,31). The number of rotatable bonds is 5. The second-order valence-corrected chi connectivity index (χ2v) is 7.64. The van der Waals surface area contributed by atoms with E-state index < -0.39 is 24.7 Å². The fraction of sp³-hybridized carbons (Fsp3) is 0.348. The topological polar surface area (TPSA) is 92.3 Å². The van der Waals surface area contributed by atoms with Crippen LogP contribution >= 0.6 is 0 Å². The molecule has 182 valence electrons. The molecule has 34 heavy (non-hydrogen) atoms. The first kappa shape index (κ1) is 24.9. The molecule has 3 amide bonds. The summed E-state index contributed by atoms with van der Waals surface area (Å²) in [5, 5.41) is 10.4. The number of carbonyl (C=O) groups excluding carboxylic acids is 2. The Kier molecular flexibility index (Phi) is 7.33. The molecule has 11 heteroatoms. The highest BCUT2D eigenvalue weighted by Gasteiger charge is 2.29. The van der Waals surface area contributed by atoms with E-state index in [9.17, 15) is 22.8 Å². The average Bonchev–Trinajstić information content (AvgIpc) is 2.96. The highest BCUT2D eigenvalue weighted by Crippen LogP contribution is 2.34. The molecule has 1 atom stereocenters. The molecule has 1 aliphatic rings. The summed E-state index contributed by atoms with van der Waals surface area (Å²) < 4.78 is 48.1. The minimum absolute atomic E-state index is 0.0614. The first-order valence-electron chi connectivity index (χ1n) is 10.4. The molecule has 3 rings (SSSR count). The molecule has 8 nitrogen and oxygen atoms in total. The Bertz CT molecular complexity index is 1100. The molecule has 2 aromatic carbocycles. The number of hydrazone groups is 1. The van der Waals surface area contributed by atoms with Crippen molar-refractivity contribution in [3.8, 4) is 11.5 Å². The summed E-state index contributed by atoms with van der Waals surface area (Å²) in [4.78, 5) is 24.6. The second-order valence-electron chi connectivity index (χ2n) is 7.64. The van der Waals surface area contributed by atoms with Crippen molar-refractivity contribution >= 4 is 17.6 Å². The van der Waals surface area contributed by atoms with Crippen molar-refractivity contribution in [1.82, 2.24) is 15.6 Å². The van der Waals surface area contributed by atoms with Gasteiger partial charge in [0, 0.05) is 23.7 Å². The zero-order valence-electron chi connectivity index (χ0n) is 19.1. The largest absolute Gasteiger partial charge is 0.493 e. The number of alkyl halides is 3. The third kappa shape index (κ3) is 5.41. The summed E-state index contributed by atoms with van der Waals surface area (Å²) in [6.07, 6.45) is -4.03. The molecule has 1 aliphatic heterocycles. The zero-order chi connectivity index (χ0) is 25.0. The van der Waals surface area contributed by atoms with Crippen molar-refractivity contribution in [1.29, 1.82) is 0 Å². The summed E-state index contributed by atoms with van der Waals surface area (Å²) in [5.41, 5.74) is 2.62. The van der Waals surface area contributed by atoms with Crippen molar-refractivity contribution in [2.75, 3.05) is 27.8 Å². The van der Waals surface area contributed by atoms with Gasteiger partial charge in [-0.3, -0.25) is 4.79 Å². The minimum atomic E-state index is -4.51. The van der Waals surface area contributed by atoms with Crippen LogP contribution in [0.2, 0.25) is 0 Å². The van der Waals surface area contributed by atoms with E-state index >= 15 is 0 Å². The summed E-state index contributed by atoms with van der Waals surface area (Å²) in [6.45, 7) is 0.435. The summed E-state index contributed by atoms with van der Waals surface area (Å²) in [6, 6.07) is 8.84. The number of hydrogen-bond acceptors (Lipinski definition) is 5. The molecule has 2 N–H and O–H groups in total. The van der Waals surface area contributed by atoms with Crippen LogP contribution in [0.4, 0.5) is 18.0 Å². The molecule has 0 radical (unpaired) electrons. The van der Waals surface area contributed by atoms with Gasteiger partial charge in [-0.2, -0.15) is 18.3 Å². The fourth-order valence-corrected chi connectivity index (χ4v) is 3.61. The molecule has 0 fully saturated rings. The molecule has 0 saturated carbocycles. The Morgan fingerprint density at radius 3 is 2.29 bits per heavy atom. The highest BCUT2D eigenvalue weighted by molar-refractivity contribution is 6.15. The van der Waals surface area contributed by atoms with Crippen molar-refractivity contribution in [2.24, 2.45) is 5.10 Å². The van der Waals surface area contributed by atoms with Gasteiger partial charge < -0.3 is 20.1 Å². The van der Waals surface area contributed by atoms with Gasteiger partial charge in [-0.15, -0.1) is 0 Å². The lowest BCUT2D eigenvalue weighted by Crippen LogP contribution is -2.41. The summed E-state index contributed by atoms with van der Waals surface area (Å²) in [5.74, 6) is 0.148. The lowest BCUT2D eigenvalue weighted by molar-refractivity contribution is -0.123. The molecule has 0 spiro atoms. The number of ether oxygens (including phenoxy) is 2. The number of urea groups is 1. The maximum Gasteiger partial charge on any atom is 0.405 e. The number of hydrogen-bond donors (Lipinski definition) is 2. The number of carbonyl (C=O) groups is 2. The average molecular weight is 478 g/mol. The first-order valence-corrected chi connectivity index (χ1v) is 10.4. The minimum Gasteiger partial charge on any atom is -0.493 e. The smallest absolute Gasteiger partial charge is 0.405 e. The van der Waals surface area contributed by atoms with Crippen LogP contribution in [-0.4, -0.2) is 62.7 Å². The Hall–Kier alpha value is -3.76. The fourth-order valence-electron chi connectivity index (χ4n) is 3.61. The zero-order valence-corrected chi connectivity index (χ0v) is 19.1. The van der Waals surface area contributed by atoms with Crippen LogP contribution in [0.1, 0.15) is 34.0 Å². The number of halogens is 3. The third-order valence-corrected chi connectivity index (χ3v) is 5.30. The van der Waals surface area contributed by atoms with Crippen LogP contribution in [0.3, 0.4) is 0 Å². The van der Waals surface area contributed by atoms with E-state index in [1.165, 1.54) is 38.4 Å². The van der Waals surface area contributed by atoms with Gasteiger partial charge in [-0.05, 0) is 43.2 Å². The maximum absolute atomic E-state index is 12.5. The van der Waals surface area contributed by atoms with Gasteiger partial charge in [-0.25, -0.2) is 9.80 Å². The molecular weight excluding hydrogens is 453 g/mol. The van der Waals surface area contributed by atoms with Gasteiger partial charge >= 0.3 is 12.2 Å². The number of amides is 3. The van der Waals surface area contributed by atoms with Crippen molar-refractivity contribution in [2.45, 2.75) is 25.6 Å². The maximum atomic E-state index is 12.5. The summed E-state index contributed by atoms with van der Waals surface area (Å²) in [7, 11) is 4.53. The summed E-state index contributed by atoms with van der Waals surface area (Å²) >= 11 is 0. The van der Waals surface area contributed by atoms with Crippen LogP contribution in [-0.2, 0) is 6.42 Å². The van der Waals surface area contributed by atoms with E-state index in [0.717, 1.165) is 5.56 Å². The first-order chi connectivity index (χ1) is 16.1.